The van der Waals surface area contributed by atoms with E-state index in [0.717, 1.165) is 17.7 Å². The van der Waals surface area contributed by atoms with E-state index >= 15 is 0 Å². The van der Waals surface area contributed by atoms with Gasteiger partial charge in [-0.3, -0.25) is 4.79 Å². The molecule has 2 aromatic carbocycles. The predicted octanol–water partition coefficient (Wildman–Crippen LogP) is 4.35. The molecule has 116 valence electrons. The fourth-order valence-corrected chi connectivity index (χ4v) is 1.76. The standard InChI is InChI=1S/C17H10F3NO2/c18-17(19,20)23-15-8-6-14(7-9-15)16(22)10-5-12-1-3-13(11-21)4-2-12/h1-10H/b10-5+. The van der Waals surface area contributed by atoms with Gasteiger partial charge in [-0.25, -0.2) is 0 Å². The van der Waals surface area contributed by atoms with Gasteiger partial charge in [0.2, 0.25) is 0 Å². The number of alkyl halides is 3. The summed E-state index contributed by atoms with van der Waals surface area (Å²) in [5.74, 6) is -0.738. The van der Waals surface area contributed by atoms with Crippen LogP contribution in [0.4, 0.5) is 13.2 Å². The van der Waals surface area contributed by atoms with Crippen molar-refractivity contribution < 1.29 is 22.7 Å². The van der Waals surface area contributed by atoms with Crippen LogP contribution in [0.2, 0.25) is 0 Å². The molecule has 6 heteroatoms. The van der Waals surface area contributed by atoms with Gasteiger partial charge in [-0.1, -0.05) is 18.2 Å². The SMILES string of the molecule is N#Cc1ccc(/C=C/C(=O)c2ccc(OC(F)(F)F)cc2)cc1. The van der Waals surface area contributed by atoms with Crippen LogP contribution in [-0.2, 0) is 0 Å². The third kappa shape index (κ3) is 5.00. The number of benzene rings is 2. The van der Waals surface area contributed by atoms with Crippen molar-refractivity contribution in [2.24, 2.45) is 0 Å². The molecule has 0 saturated carbocycles. The third-order valence-electron chi connectivity index (χ3n) is 2.84. The first-order valence-corrected chi connectivity index (χ1v) is 6.46. The number of ether oxygens (including phenoxy) is 1. The number of carbonyl (C=O) groups is 1. The Morgan fingerprint density at radius 2 is 1.65 bits per heavy atom. The van der Waals surface area contributed by atoms with Crippen LogP contribution >= 0.6 is 0 Å². The molecule has 3 nitrogen and oxygen atoms in total. The van der Waals surface area contributed by atoms with Crippen LogP contribution in [0, 0.1) is 11.3 Å². The summed E-state index contributed by atoms with van der Waals surface area (Å²) in [6.07, 6.45) is -1.90. The summed E-state index contributed by atoms with van der Waals surface area (Å²) in [5.41, 5.74) is 1.48. The van der Waals surface area contributed by atoms with Crippen LogP contribution in [0.15, 0.2) is 54.6 Å². The average Bonchev–Trinajstić information content (AvgIpc) is 2.52. The number of nitrogens with zero attached hydrogens (tertiary/aromatic N) is 1. The van der Waals surface area contributed by atoms with Gasteiger partial charge in [0.1, 0.15) is 5.75 Å². The molecule has 0 N–H and O–H groups in total. The molecule has 2 rings (SSSR count). The normalized spacial score (nSPS) is 11.2. The molecule has 0 saturated heterocycles. The zero-order valence-corrected chi connectivity index (χ0v) is 11.7. The Bertz CT molecular complexity index is 754. The lowest BCUT2D eigenvalue weighted by molar-refractivity contribution is -0.274. The van der Waals surface area contributed by atoms with E-state index in [9.17, 15) is 18.0 Å². The summed E-state index contributed by atoms with van der Waals surface area (Å²) in [4.78, 5) is 11.9. The largest absolute Gasteiger partial charge is 0.573 e. The lowest BCUT2D eigenvalue weighted by Crippen LogP contribution is -2.17. The summed E-state index contributed by atoms with van der Waals surface area (Å²) in [5, 5.41) is 8.69. The number of allylic oxidation sites excluding steroid dienone is 1. The maximum atomic E-state index is 12.0. The van der Waals surface area contributed by atoms with Crippen molar-refractivity contribution in [2.75, 3.05) is 0 Å². The van der Waals surface area contributed by atoms with Gasteiger partial charge in [0.15, 0.2) is 5.78 Å². The molecule has 0 radical (unpaired) electrons. The fourth-order valence-electron chi connectivity index (χ4n) is 1.76. The Hall–Kier alpha value is -3.07. The van der Waals surface area contributed by atoms with Crippen LogP contribution in [0.25, 0.3) is 6.08 Å². The van der Waals surface area contributed by atoms with Gasteiger partial charge in [-0.05, 0) is 48.0 Å². The minimum atomic E-state index is -4.76. The Morgan fingerprint density at radius 1 is 1.04 bits per heavy atom. The number of ketones is 1. The lowest BCUT2D eigenvalue weighted by atomic mass is 10.1. The highest BCUT2D eigenvalue weighted by Gasteiger charge is 2.30. The predicted molar refractivity (Wildman–Crippen MR) is 77.6 cm³/mol. The smallest absolute Gasteiger partial charge is 0.406 e. The molecule has 0 bridgehead atoms. The maximum absolute atomic E-state index is 12.0. The van der Waals surface area contributed by atoms with E-state index in [4.69, 9.17) is 5.26 Å². The minimum Gasteiger partial charge on any atom is -0.406 e. The molecule has 0 fully saturated rings. The first-order valence-electron chi connectivity index (χ1n) is 6.46. The van der Waals surface area contributed by atoms with Gasteiger partial charge in [0.05, 0.1) is 11.6 Å². The summed E-state index contributed by atoms with van der Waals surface area (Å²) >= 11 is 0. The van der Waals surface area contributed by atoms with E-state index in [1.165, 1.54) is 18.2 Å². The molecular weight excluding hydrogens is 307 g/mol. The monoisotopic (exact) mass is 317 g/mol. The van der Waals surface area contributed by atoms with Crippen LogP contribution in [0.5, 0.6) is 5.75 Å². The van der Waals surface area contributed by atoms with E-state index in [-0.39, 0.29) is 17.1 Å². The van der Waals surface area contributed by atoms with Crippen molar-refractivity contribution in [3.05, 3.63) is 71.3 Å². The number of rotatable bonds is 4. The minimum absolute atomic E-state index is 0.240. The van der Waals surface area contributed by atoms with E-state index in [1.807, 2.05) is 6.07 Å². The maximum Gasteiger partial charge on any atom is 0.573 e. The van der Waals surface area contributed by atoms with Crippen LogP contribution in [0.3, 0.4) is 0 Å². The van der Waals surface area contributed by atoms with Crippen LogP contribution in [-0.4, -0.2) is 12.1 Å². The van der Waals surface area contributed by atoms with Crippen molar-refractivity contribution in [3.63, 3.8) is 0 Å². The Morgan fingerprint density at radius 3 is 2.17 bits per heavy atom. The highest BCUT2D eigenvalue weighted by Crippen LogP contribution is 2.23. The van der Waals surface area contributed by atoms with Crippen molar-refractivity contribution in [3.8, 4) is 11.8 Å². The highest BCUT2D eigenvalue weighted by molar-refractivity contribution is 6.06. The molecule has 0 spiro atoms. The lowest BCUT2D eigenvalue weighted by Gasteiger charge is -2.08. The summed E-state index contributed by atoms with van der Waals surface area (Å²) < 4.78 is 39.9. The van der Waals surface area contributed by atoms with Crippen molar-refractivity contribution in [2.45, 2.75) is 6.36 Å². The Labute approximate surface area is 130 Å². The average molecular weight is 317 g/mol. The Kier molecular flexibility index (Phi) is 4.82. The second-order valence-corrected chi connectivity index (χ2v) is 4.50. The summed E-state index contributed by atoms with van der Waals surface area (Å²) in [6.45, 7) is 0. The van der Waals surface area contributed by atoms with Gasteiger partial charge in [-0.2, -0.15) is 5.26 Å². The van der Waals surface area contributed by atoms with Gasteiger partial charge >= 0.3 is 6.36 Å². The molecule has 2 aromatic rings. The number of carbonyl (C=O) groups excluding carboxylic acids is 1. The first-order chi connectivity index (χ1) is 10.9. The zero-order chi connectivity index (χ0) is 16.9. The van der Waals surface area contributed by atoms with E-state index in [2.05, 4.69) is 4.74 Å². The molecule has 0 aliphatic heterocycles. The summed E-state index contributed by atoms with van der Waals surface area (Å²) in [7, 11) is 0. The van der Waals surface area contributed by atoms with E-state index < -0.39 is 6.36 Å². The number of halogens is 3. The molecule has 0 amide bonds. The number of hydrogen-bond donors (Lipinski definition) is 0. The van der Waals surface area contributed by atoms with Gasteiger partial charge < -0.3 is 4.74 Å². The van der Waals surface area contributed by atoms with E-state index in [0.29, 0.717) is 5.56 Å². The van der Waals surface area contributed by atoms with Crippen molar-refractivity contribution in [1.82, 2.24) is 0 Å². The molecule has 0 atom stereocenters. The summed E-state index contributed by atoms with van der Waals surface area (Å²) in [6, 6.07) is 13.3. The molecule has 0 aromatic heterocycles. The third-order valence-corrected chi connectivity index (χ3v) is 2.84. The fraction of sp³-hybridized carbons (Fsp3) is 0.0588. The number of nitriles is 1. The van der Waals surface area contributed by atoms with Crippen molar-refractivity contribution >= 4 is 11.9 Å². The molecule has 0 aliphatic carbocycles. The molecular formula is C17H10F3NO2. The Balaban J connectivity index is 2.05. The van der Waals surface area contributed by atoms with Crippen LogP contribution in [0.1, 0.15) is 21.5 Å². The van der Waals surface area contributed by atoms with Gasteiger partial charge in [-0.15, -0.1) is 13.2 Å². The molecule has 23 heavy (non-hydrogen) atoms. The highest BCUT2D eigenvalue weighted by atomic mass is 19.4. The second kappa shape index (κ2) is 6.79. The molecule has 0 unspecified atom stereocenters. The quantitative estimate of drug-likeness (QED) is 0.622. The second-order valence-electron chi connectivity index (χ2n) is 4.50. The van der Waals surface area contributed by atoms with Crippen LogP contribution < -0.4 is 4.74 Å². The van der Waals surface area contributed by atoms with E-state index in [1.54, 1.807) is 30.3 Å². The topological polar surface area (TPSA) is 50.1 Å². The first kappa shape index (κ1) is 16.3. The van der Waals surface area contributed by atoms with Crippen molar-refractivity contribution in [1.29, 1.82) is 5.26 Å². The number of hydrogen-bond acceptors (Lipinski definition) is 3. The molecule has 0 heterocycles. The van der Waals surface area contributed by atoms with Gasteiger partial charge in [0, 0.05) is 5.56 Å². The van der Waals surface area contributed by atoms with Gasteiger partial charge in [0.25, 0.3) is 0 Å². The zero-order valence-electron chi connectivity index (χ0n) is 11.7. The molecule has 0 aliphatic rings.